The van der Waals surface area contributed by atoms with Gasteiger partial charge in [0, 0.05) is 12.6 Å². The van der Waals surface area contributed by atoms with Crippen LogP contribution in [0.3, 0.4) is 0 Å². The van der Waals surface area contributed by atoms with Crippen LogP contribution in [0.25, 0.3) is 0 Å². The highest BCUT2D eigenvalue weighted by Gasteiger charge is 2.26. The Morgan fingerprint density at radius 2 is 2.13 bits per heavy atom. The molecule has 0 unspecified atom stereocenters. The molecule has 1 aliphatic carbocycles. The monoisotopic (exact) mass is 212 g/mol. The fourth-order valence-corrected chi connectivity index (χ4v) is 2.02. The Balaban J connectivity index is 2.58. The van der Waals surface area contributed by atoms with Crippen molar-refractivity contribution in [3.8, 4) is 0 Å². The lowest BCUT2D eigenvalue weighted by Crippen LogP contribution is -2.48. The average Bonchev–Trinajstić information content (AvgIpc) is 2.66. The number of hydrogen-bond acceptors (Lipinski definition) is 2. The van der Waals surface area contributed by atoms with Crippen LogP contribution in [0.4, 0.5) is 4.79 Å². The van der Waals surface area contributed by atoms with Crippen molar-refractivity contribution in [1.82, 2.24) is 10.2 Å². The quantitative estimate of drug-likeness (QED) is 0.478. The third-order valence-corrected chi connectivity index (χ3v) is 2.70. The highest BCUT2D eigenvalue weighted by atomic mass is 16.2. The summed E-state index contributed by atoms with van der Waals surface area (Å²) in [5, 5.41) is 10.0. The van der Waals surface area contributed by atoms with E-state index in [1.807, 2.05) is 6.92 Å². The van der Waals surface area contributed by atoms with Crippen LogP contribution in [0.2, 0.25) is 0 Å². The zero-order valence-corrected chi connectivity index (χ0v) is 9.25. The van der Waals surface area contributed by atoms with Crippen LogP contribution in [0, 0.1) is 5.41 Å². The molecule has 0 heterocycles. The van der Waals surface area contributed by atoms with Gasteiger partial charge in [0.1, 0.15) is 5.84 Å². The Hall–Kier alpha value is -1.26. The molecule has 0 aromatic carbocycles. The molecule has 4 N–H and O–H groups in total. The molecule has 0 saturated heterocycles. The topological polar surface area (TPSA) is 82.2 Å². The van der Waals surface area contributed by atoms with Gasteiger partial charge in [0.2, 0.25) is 0 Å². The van der Waals surface area contributed by atoms with Crippen LogP contribution in [0.1, 0.15) is 32.6 Å². The van der Waals surface area contributed by atoms with Crippen LogP contribution >= 0.6 is 0 Å². The van der Waals surface area contributed by atoms with Crippen molar-refractivity contribution < 1.29 is 4.79 Å². The normalized spacial score (nSPS) is 16.3. The Bertz CT molecular complexity index is 236. The molecule has 1 saturated carbocycles. The predicted molar refractivity (Wildman–Crippen MR) is 59.9 cm³/mol. The van der Waals surface area contributed by atoms with Crippen LogP contribution in [-0.4, -0.2) is 35.9 Å². The molecule has 15 heavy (non-hydrogen) atoms. The average molecular weight is 212 g/mol. The number of carbonyl (C=O) groups excluding carboxylic acids is 1. The standard InChI is InChI=1S/C10H20N4O/c1-2-13-10(15)14(7-9(11)12)8-5-3-4-6-8/h8H,2-7H2,1H3,(H3,11,12)(H,13,15). The number of nitrogens with zero attached hydrogens (tertiary/aromatic N) is 1. The van der Waals surface area contributed by atoms with Gasteiger partial charge in [0.15, 0.2) is 0 Å². The summed E-state index contributed by atoms with van der Waals surface area (Å²) in [4.78, 5) is 13.4. The summed E-state index contributed by atoms with van der Waals surface area (Å²) in [5.74, 6) is 0.0492. The molecule has 0 aliphatic heterocycles. The first-order valence-corrected chi connectivity index (χ1v) is 5.52. The number of amidine groups is 1. The van der Waals surface area contributed by atoms with E-state index in [0.29, 0.717) is 6.54 Å². The Morgan fingerprint density at radius 1 is 1.53 bits per heavy atom. The van der Waals surface area contributed by atoms with Crippen molar-refractivity contribution in [2.24, 2.45) is 5.73 Å². The molecule has 0 spiro atoms. The Labute approximate surface area is 90.5 Å². The Morgan fingerprint density at radius 3 is 2.60 bits per heavy atom. The van der Waals surface area contributed by atoms with E-state index >= 15 is 0 Å². The number of amides is 2. The smallest absolute Gasteiger partial charge is 0.318 e. The predicted octanol–water partition coefficient (Wildman–Crippen LogP) is 0.896. The van der Waals surface area contributed by atoms with Gasteiger partial charge in [-0.15, -0.1) is 0 Å². The van der Waals surface area contributed by atoms with E-state index in [1.165, 1.54) is 12.8 Å². The number of rotatable bonds is 4. The summed E-state index contributed by atoms with van der Waals surface area (Å²) < 4.78 is 0. The summed E-state index contributed by atoms with van der Waals surface area (Å²) in [6, 6.07) is 0.167. The van der Waals surface area contributed by atoms with Crippen molar-refractivity contribution in [2.45, 2.75) is 38.6 Å². The molecule has 5 nitrogen and oxygen atoms in total. The van der Waals surface area contributed by atoms with Crippen molar-refractivity contribution in [3.05, 3.63) is 0 Å². The Kier molecular flexibility index (Phi) is 4.39. The first-order valence-electron chi connectivity index (χ1n) is 5.52. The fraction of sp³-hybridized carbons (Fsp3) is 0.800. The summed E-state index contributed by atoms with van der Waals surface area (Å²) in [7, 11) is 0. The van der Waals surface area contributed by atoms with Crippen molar-refractivity contribution in [2.75, 3.05) is 13.1 Å². The van der Waals surface area contributed by atoms with Gasteiger partial charge in [-0.25, -0.2) is 4.79 Å². The number of nitrogens with two attached hydrogens (primary N) is 1. The van der Waals surface area contributed by atoms with E-state index in [0.717, 1.165) is 12.8 Å². The van der Waals surface area contributed by atoms with Crippen molar-refractivity contribution in [1.29, 1.82) is 5.41 Å². The second kappa shape index (κ2) is 5.58. The third-order valence-electron chi connectivity index (χ3n) is 2.70. The second-order valence-electron chi connectivity index (χ2n) is 3.93. The van der Waals surface area contributed by atoms with Crippen LogP contribution in [-0.2, 0) is 0 Å². The van der Waals surface area contributed by atoms with Gasteiger partial charge in [-0.1, -0.05) is 12.8 Å². The first-order chi connectivity index (χ1) is 7.15. The molecule has 5 heteroatoms. The highest BCUT2D eigenvalue weighted by Crippen LogP contribution is 2.23. The minimum Gasteiger partial charge on any atom is -0.386 e. The van der Waals surface area contributed by atoms with Crippen LogP contribution in [0.15, 0.2) is 0 Å². The lowest BCUT2D eigenvalue weighted by atomic mass is 10.2. The number of carbonyl (C=O) groups is 1. The molecule has 0 atom stereocenters. The van der Waals surface area contributed by atoms with Gasteiger partial charge < -0.3 is 16.0 Å². The van der Waals surface area contributed by atoms with E-state index in [-0.39, 0.29) is 24.5 Å². The highest BCUT2D eigenvalue weighted by molar-refractivity contribution is 5.84. The lowest BCUT2D eigenvalue weighted by Gasteiger charge is -2.28. The maximum Gasteiger partial charge on any atom is 0.318 e. The summed E-state index contributed by atoms with van der Waals surface area (Å²) in [6.45, 7) is 2.74. The molecule has 0 aromatic rings. The molecule has 2 amide bonds. The molecular formula is C10H20N4O. The summed E-state index contributed by atoms with van der Waals surface area (Å²) in [6.07, 6.45) is 4.39. The largest absolute Gasteiger partial charge is 0.386 e. The first kappa shape index (κ1) is 11.8. The van der Waals surface area contributed by atoms with E-state index in [2.05, 4.69) is 5.32 Å². The lowest BCUT2D eigenvalue weighted by molar-refractivity contribution is 0.185. The van der Waals surface area contributed by atoms with Gasteiger partial charge in [-0.3, -0.25) is 5.41 Å². The summed E-state index contributed by atoms with van der Waals surface area (Å²) in [5.41, 5.74) is 5.36. The van der Waals surface area contributed by atoms with E-state index in [4.69, 9.17) is 11.1 Å². The van der Waals surface area contributed by atoms with Gasteiger partial charge in [-0.2, -0.15) is 0 Å². The minimum atomic E-state index is -0.0976. The van der Waals surface area contributed by atoms with Gasteiger partial charge >= 0.3 is 6.03 Å². The second-order valence-corrected chi connectivity index (χ2v) is 3.93. The summed E-state index contributed by atoms with van der Waals surface area (Å²) >= 11 is 0. The zero-order chi connectivity index (χ0) is 11.3. The van der Waals surface area contributed by atoms with Gasteiger partial charge in [0.05, 0.1) is 6.54 Å². The SMILES string of the molecule is CCNC(=O)N(CC(=N)N)C1CCCC1. The number of hydrogen-bond donors (Lipinski definition) is 3. The van der Waals surface area contributed by atoms with Crippen LogP contribution in [0.5, 0.6) is 0 Å². The van der Waals surface area contributed by atoms with E-state index in [9.17, 15) is 4.79 Å². The van der Waals surface area contributed by atoms with Crippen molar-refractivity contribution >= 4 is 11.9 Å². The maximum atomic E-state index is 11.7. The molecule has 0 bridgehead atoms. The molecule has 86 valence electrons. The van der Waals surface area contributed by atoms with Crippen molar-refractivity contribution in [3.63, 3.8) is 0 Å². The van der Waals surface area contributed by atoms with E-state index < -0.39 is 0 Å². The van der Waals surface area contributed by atoms with Gasteiger partial charge in [-0.05, 0) is 19.8 Å². The molecule has 1 aliphatic rings. The molecule has 0 aromatic heterocycles. The maximum absolute atomic E-state index is 11.7. The molecule has 0 radical (unpaired) electrons. The fourth-order valence-electron chi connectivity index (χ4n) is 2.02. The minimum absolute atomic E-state index is 0.0492. The molecule has 1 rings (SSSR count). The molecule has 1 fully saturated rings. The number of urea groups is 1. The third kappa shape index (κ3) is 3.42. The zero-order valence-electron chi connectivity index (χ0n) is 9.25. The molecular weight excluding hydrogens is 192 g/mol. The van der Waals surface area contributed by atoms with Crippen LogP contribution < -0.4 is 11.1 Å². The van der Waals surface area contributed by atoms with Gasteiger partial charge in [0.25, 0.3) is 0 Å². The van der Waals surface area contributed by atoms with E-state index in [1.54, 1.807) is 4.90 Å². The number of nitrogens with one attached hydrogen (secondary N) is 2.